The highest BCUT2D eigenvalue weighted by Crippen LogP contribution is 2.36. The van der Waals surface area contributed by atoms with Crippen molar-refractivity contribution < 1.29 is 23.9 Å². The van der Waals surface area contributed by atoms with E-state index in [2.05, 4.69) is 16.9 Å². The van der Waals surface area contributed by atoms with Gasteiger partial charge in [-0.05, 0) is 44.9 Å². The molecular weight excluding hydrogens is 460 g/mol. The van der Waals surface area contributed by atoms with Crippen LogP contribution in [0.4, 0.5) is 4.79 Å². The Balaban J connectivity index is 1.69. The Hall–Kier alpha value is -3.88. The van der Waals surface area contributed by atoms with E-state index in [1.165, 1.54) is 18.3 Å². The van der Waals surface area contributed by atoms with Gasteiger partial charge < -0.3 is 24.3 Å². The lowest BCUT2D eigenvalue weighted by molar-refractivity contribution is -0.131. The van der Waals surface area contributed by atoms with Crippen LogP contribution < -0.4 is 4.74 Å². The highest BCUT2D eigenvalue weighted by atomic mass is 16.7. The first-order valence-electron chi connectivity index (χ1n) is 12.3. The molecule has 1 atom stereocenters. The molecule has 190 valence electrons. The molecule has 0 saturated carbocycles. The van der Waals surface area contributed by atoms with Crippen LogP contribution in [0, 0.1) is 0 Å². The van der Waals surface area contributed by atoms with Crippen LogP contribution in [0.15, 0.2) is 48.8 Å². The van der Waals surface area contributed by atoms with Gasteiger partial charge >= 0.3 is 6.16 Å². The van der Waals surface area contributed by atoms with Gasteiger partial charge in [-0.2, -0.15) is 0 Å². The molecule has 3 aromatic rings. The van der Waals surface area contributed by atoms with Crippen LogP contribution >= 0.6 is 0 Å². The average molecular weight is 493 g/mol. The molecule has 1 fully saturated rings. The van der Waals surface area contributed by atoms with Gasteiger partial charge in [0.2, 0.25) is 5.91 Å². The average Bonchev–Trinajstić information content (AvgIpc) is 3.34. The van der Waals surface area contributed by atoms with Crippen LogP contribution in [0.2, 0.25) is 0 Å². The van der Waals surface area contributed by atoms with Crippen molar-refractivity contribution in [1.82, 2.24) is 19.8 Å². The fraction of sp³-hybridized carbons (Fsp3) is 0.407. The maximum Gasteiger partial charge on any atom is 0.513 e. The van der Waals surface area contributed by atoms with Gasteiger partial charge in [-0.25, -0.2) is 4.79 Å². The Labute approximate surface area is 210 Å². The van der Waals surface area contributed by atoms with E-state index in [4.69, 9.17) is 9.47 Å². The molecule has 0 bridgehead atoms. The number of unbranched alkanes of at least 4 members (excludes halogenated alkanes) is 1. The molecule has 9 heteroatoms. The molecule has 2 aromatic heterocycles. The van der Waals surface area contributed by atoms with Crippen LogP contribution in [0.3, 0.4) is 0 Å². The summed E-state index contributed by atoms with van der Waals surface area (Å²) in [6.07, 6.45) is 4.56. The zero-order valence-corrected chi connectivity index (χ0v) is 21.1. The van der Waals surface area contributed by atoms with Crippen molar-refractivity contribution in [1.29, 1.82) is 0 Å². The van der Waals surface area contributed by atoms with Gasteiger partial charge in [0.1, 0.15) is 23.1 Å². The largest absolute Gasteiger partial charge is 0.513 e. The summed E-state index contributed by atoms with van der Waals surface area (Å²) in [7, 11) is 0. The Kier molecular flexibility index (Phi) is 7.28. The molecule has 0 aliphatic carbocycles. The fourth-order valence-electron chi connectivity index (χ4n) is 4.81. The maximum absolute atomic E-state index is 13.9. The molecular formula is C27H32N4O5. The maximum atomic E-state index is 13.9. The minimum absolute atomic E-state index is 0.0824. The lowest BCUT2D eigenvalue weighted by atomic mass is 10.0. The van der Waals surface area contributed by atoms with Crippen molar-refractivity contribution in [2.75, 3.05) is 13.2 Å². The predicted octanol–water partition coefficient (Wildman–Crippen LogP) is 4.53. The molecule has 4 rings (SSSR count). The molecule has 0 unspecified atom stereocenters. The van der Waals surface area contributed by atoms with E-state index in [-0.39, 0.29) is 24.0 Å². The molecule has 1 aliphatic rings. The number of rotatable bonds is 8. The second kappa shape index (κ2) is 10.4. The smallest absolute Gasteiger partial charge is 0.434 e. The molecule has 0 spiro atoms. The number of aromatic amines is 1. The summed E-state index contributed by atoms with van der Waals surface area (Å²) in [5.74, 6) is -0.358. The van der Waals surface area contributed by atoms with Crippen molar-refractivity contribution in [2.24, 2.45) is 0 Å². The quantitative estimate of drug-likeness (QED) is 0.463. The Bertz CT molecular complexity index is 1270. The zero-order chi connectivity index (χ0) is 25.9. The van der Waals surface area contributed by atoms with Gasteiger partial charge in [-0.1, -0.05) is 31.5 Å². The van der Waals surface area contributed by atoms with Crippen molar-refractivity contribution in [3.63, 3.8) is 0 Å². The van der Waals surface area contributed by atoms with Crippen molar-refractivity contribution in [3.8, 4) is 5.75 Å². The predicted molar refractivity (Wildman–Crippen MR) is 135 cm³/mol. The first-order valence-corrected chi connectivity index (χ1v) is 12.3. The Morgan fingerprint density at radius 1 is 1.17 bits per heavy atom. The van der Waals surface area contributed by atoms with E-state index >= 15 is 0 Å². The third kappa shape index (κ3) is 4.78. The van der Waals surface area contributed by atoms with E-state index in [0.717, 1.165) is 29.3 Å². The standard InChI is InChI=1S/C27H32N4O5/c1-5-7-14-30-25(33)23(15-18-17-29-21-11-9-8-10-20(18)21)31(27(30,3)4)24(32)22-16-19(12-13-28-22)36-26(34)35-6-2/h8-13,16-17,23,29H,5-7,14-15H2,1-4H3/t23-/m1/s1. The number of carbonyl (C=O) groups is 3. The summed E-state index contributed by atoms with van der Waals surface area (Å²) >= 11 is 0. The first-order chi connectivity index (χ1) is 17.3. The molecule has 1 N–H and O–H groups in total. The highest BCUT2D eigenvalue weighted by Gasteiger charge is 2.53. The number of nitrogens with one attached hydrogen (secondary N) is 1. The fourth-order valence-corrected chi connectivity index (χ4v) is 4.81. The lowest BCUT2D eigenvalue weighted by Gasteiger charge is -2.38. The van der Waals surface area contributed by atoms with E-state index < -0.39 is 23.8 Å². The number of hydrogen-bond acceptors (Lipinski definition) is 6. The summed E-state index contributed by atoms with van der Waals surface area (Å²) in [6, 6.07) is 10.1. The number of carbonyl (C=O) groups excluding carboxylic acids is 3. The zero-order valence-electron chi connectivity index (χ0n) is 21.1. The van der Waals surface area contributed by atoms with Crippen LogP contribution in [-0.2, 0) is 16.0 Å². The summed E-state index contributed by atoms with van der Waals surface area (Å²) in [6.45, 7) is 8.23. The number of H-pyrrole nitrogens is 1. The summed E-state index contributed by atoms with van der Waals surface area (Å²) in [5.41, 5.74) is 1.14. The van der Waals surface area contributed by atoms with Crippen LogP contribution in [-0.4, -0.2) is 62.6 Å². The highest BCUT2D eigenvalue weighted by molar-refractivity contribution is 6.00. The monoisotopic (exact) mass is 492 g/mol. The molecule has 36 heavy (non-hydrogen) atoms. The van der Waals surface area contributed by atoms with Gasteiger partial charge in [-0.3, -0.25) is 14.6 Å². The number of hydrogen-bond donors (Lipinski definition) is 1. The number of pyridine rings is 1. The number of fused-ring (bicyclic) bond motifs is 1. The van der Waals surface area contributed by atoms with E-state index in [1.807, 2.05) is 44.3 Å². The van der Waals surface area contributed by atoms with Gasteiger partial charge in [-0.15, -0.1) is 0 Å². The van der Waals surface area contributed by atoms with Gasteiger partial charge in [0.05, 0.1) is 6.61 Å². The molecule has 1 saturated heterocycles. The van der Waals surface area contributed by atoms with Crippen LogP contribution in [0.5, 0.6) is 5.75 Å². The second-order valence-corrected chi connectivity index (χ2v) is 9.25. The van der Waals surface area contributed by atoms with Gasteiger partial charge in [0, 0.05) is 42.3 Å². The molecule has 3 heterocycles. The number of aromatic nitrogens is 2. The molecule has 1 aliphatic heterocycles. The Morgan fingerprint density at radius 3 is 2.69 bits per heavy atom. The third-order valence-electron chi connectivity index (χ3n) is 6.57. The normalized spacial score (nSPS) is 17.0. The first kappa shape index (κ1) is 25.2. The Morgan fingerprint density at radius 2 is 1.94 bits per heavy atom. The minimum Gasteiger partial charge on any atom is -0.434 e. The van der Waals surface area contributed by atoms with Crippen molar-refractivity contribution in [3.05, 3.63) is 60.0 Å². The number of benzene rings is 1. The number of ether oxygens (including phenoxy) is 2. The second-order valence-electron chi connectivity index (χ2n) is 9.25. The van der Waals surface area contributed by atoms with Gasteiger partial charge in [0.25, 0.3) is 5.91 Å². The third-order valence-corrected chi connectivity index (χ3v) is 6.57. The number of amides is 2. The number of nitrogens with zero attached hydrogens (tertiary/aromatic N) is 3. The number of para-hydroxylation sites is 1. The molecule has 0 radical (unpaired) electrons. The molecule has 9 nitrogen and oxygen atoms in total. The van der Waals surface area contributed by atoms with E-state index in [0.29, 0.717) is 13.0 Å². The minimum atomic E-state index is -0.875. The SMILES string of the molecule is CCCCN1C(=O)[C@@H](Cc2c[nH]c3ccccc23)N(C(=O)c2cc(OC(=O)OCC)ccn2)C1(C)C. The summed E-state index contributed by atoms with van der Waals surface area (Å²) in [4.78, 5) is 50.3. The van der Waals surface area contributed by atoms with E-state index in [1.54, 1.807) is 16.7 Å². The molecule has 2 amide bonds. The molecule has 1 aromatic carbocycles. The van der Waals surface area contributed by atoms with Crippen molar-refractivity contribution in [2.45, 2.75) is 58.7 Å². The topological polar surface area (TPSA) is 105 Å². The van der Waals surface area contributed by atoms with Crippen LogP contribution in [0.25, 0.3) is 10.9 Å². The summed E-state index contributed by atoms with van der Waals surface area (Å²) < 4.78 is 9.99. The van der Waals surface area contributed by atoms with E-state index in [9.17, 15) is 14.4 Å². The summed E-state index contributed by atoms with van der Waals surface area (Å²) in [5, 5.41) is 1.02. The van der Waals surface area contributed by atoms with Gasteiger partial charge in [0.15, 0.2) is 0 Å². The van der Waals surface area contributed by atoms with Crippen LogP contribution in [0.1, 0.15) is 56.6 Å². The lowest BCUT2D eigenvalue weighted by Crippen LogP contribution is -2.53. The van der Waals surface area contributed by atoms with Crippen molar-refractivity contribution >= 4 is 28.9 Å².